The molecule has 0 N–H and O–H groups in total. The Morgan fingerprint density at radius 2 is 2.00 bits per heavy atom. The molecule has 84 valence electrons. The Hall–Kier alpha value is -1.87. The maximum atomic E-state index is 5.92. The number of rotatable bonds is 2. The molecule has 2 aromatic heterocycles. The van der Waals surface area contributed by atoms with Gasteiger partial charge in [-0.25, -0.2) is 9.97 Å². The molecule has 3 aromatic rings. The van der Waals surface area contributed by atoms with Gasteiger partial charge >= 0.3 is 0 Å². The minimum absolute atomic E-state index is 0.470. The average Bonchev–Trinajstić information content (AvgIpc) is 2.91. The summed E-state index contributed by atoms with van der Waals surface area (Å²) < 4.78 is 1.90. The Morgan fingerprint density at radius 3 is 2.71 bits per heavy atom. The zero-order valence-corrected chi connectivity index (χ0v) is 9.80. The first-order chi connectivity index (χ1) is 8.40. The van der Waals surface area contributed by atoms with E-state index in [0.29, 0.717) is 5.88 Å². The molecule has 0 aliphatic carbocycles. The van der Waals surface area contributed by atoms with Crippen molar-refractivity contribution in [3.05, 3.63) is 54.7 Å². The molecule has 0 radical (unpaired) electrons. The predicted octanol–water partition coefficient (Wildman–Crippen LogP) is 3.16. The molecule has 0 amide bonds. The topological polar surface area (TPSA) is 30.7 Å². The van der Waals surface area contributed by atoms with E-state index in [1.807, 2.05) is 35.2 Å². The number of aromatic nitrogens is 3. The van der Waals surface area contributed by atoms with Crippen LogP contribution in [0.4, 0.5) is 0 Å². The Morgan fingerprint density at radius 1 is 1.18 bits per heavy atom. The fourth-order valence-corrected chi connectivity index (χ4v) is 2.15. The first-order valence-electron chi connectivity index (χ1n) is 5.31. The van der Waals surface area contributed by atoms with E-state index in [2.05, 4.69) is 16.0 Å². The number of nitrogens with zero attached hydrogens (tertiary/aromatic N) is 3. The van der Waals surface area contributed by atoms with E-state index in [9.17, 15) is 0 Å². The largest absolute Gasteiger partial charge is 0.290 e. The van der Waals surface area contributed by atoms with Crippen molar-refractivity contribution in [2.45, 2.75) is 5.88 Å². The summed E-state index contributed by atoms with van der Waals surface area (Å²) in [4.78, 5) is 8.50. The highest BCUT2D eigenvalue weighted by atomic mass is 35.5. The van der Waals surface area contributed by atoms with Crippen molar-refractivity contribution in [1.82, 2.24) is 14.5 Å². The average molecular weight is 244 g/mol. The predicted molar refractivity (Wildman–Crippen MR) is 68.4 cm³/mol. The highest BCUT2D eigenvalue weighted by Gasteiger charge is 2.07. The Balaban J connectivity index is 2.34. The van der Waals surface area contributed by atoms with Crippen LogP contribution in [0.25, 0.3) is 16.6 Å². The van der Waals surface area contributed by atoms with Gasteiger partial charge in [-0.3, -0.25) is 4.57 Å². The minimum atomic E-state index is 0.470. The molecule has 0 aliphatic heterocycles. The number of fused-ring (bicyclic) bond motifs is 1. The molecule has 1 aromatic carbocycles. The van der Waals surface area contributed by atoms with Crippen molar-refractivity contribution >= 4 is 22.4 Å². The molecule has 2 heterocycles. The van der Waals surface area contributed by atoms with Crippen LogP contribution in [-0.4, -0.2) is 14.5 Å². The van der Waals surface area contributed by atoms with Crippen molar-refractivity contribution in [3.8, 4) is 5.82 Å². The lowest BCUT2D eigenvalue weighted by molar-refractivity contribution is 1.00. The zero-order valence-electron chi connectivity index (χ0n) is 9.05. The van der Waals surface area contributed by atoms with Gasteiger partial charge in [0.15, 0.2) is 0 Å². The van der Waals surface area contributed by atoms with Gasteiger partial charge < -0.3 is 0 Å². The number of hydrogen-bond acceptors (Lipinski definition) is 2. The van der Waals surface area contributed by atoms with Crippen LogP contribution >= 0.6 is 11.6 Å². The fourth-order valence-electron chi connectivity index (χ4n) is 1.93. The van der Waals surface area contributed by atoms with Crippen molar-refractivity contribution < 1.29 is 0 Å². The van der Waals surface area contributed by atoms with E-state index in [1.165, 1.54) is 0 Å². The number of alkyl halides is 1. The third-order valence-corrected chi connectivity index (χ3v) is 3.04. The van der Waals surface area contributed by atoms with E-state index in [4.69, 9.17) is 11.6 Å². The van der Waals surface area contributed by atoms with Crippen molar-refractivity contribution in [2.75, 3.05) is 0 Å². The van der Waals surface area contributed by atoms with Crippen LogP contribution in [0.2, 0.25) is 0 Å². The summed E-state index contributed by atoms with van der Waals surface area (Å²) in [6.45, 7) is 0. The lowest BCUT2D eigenvalue weighted by Gasteiger charge is -2.08. The smallest absolute Gasteiger partial charge is 0.145 e. The van der Waals surface area contributed by atoms with Gasteiger partial charge in [-0.1, -0.05) is 24.3 Å². The quantitative estimate of drug-likeness (QED) is 0.648. The Bertz CT molecular complexity index is 647. The first kappa shape index (κ1) is 10.3. The Kier molecular flexibility index (Phi) is 2.53. The maximum Gasteiger partial charge on any atom is 0.145 e. The van der Waals surface area contributed by atoms with E-state index >= 15 is 0 Å². The molecular formula is C13H10ClN3. The van der Waals surface area contributed by atoms with Crippen molar-refractivity contribution in [2.24, 2.45) is 0 Å². The third-order valence-electron chi connectivity index (χ3n) is 2.75. The number of imidazole rings is 1. The van der Waals surface area contributed by atoms with Crippen LogP contribution in [-0.2, 0) is 5.88 Å². The van der Waals surface area contributed by atoms with Gasteiger partial charge in [-0.2, -0.15) is 0 Å². The van der Waals surface area contributed by atoms with Crippen molar-refractivity contribution in [3.63, 3.8) is 0 Å². The number of hydrogen-bond donors (Lipinski definition) is 0. The molecular weight excluding hydrogens is 234 g/mol. The molecule has 0 spiro atoms. The summed E-state index contributed by atoms with van der Waals surface area (Å²) in [5, 5.41) is 2.23. The molecule has 17 heavy (non-hydrogen) atoms. The van der Waals surface area contributed by atoms with Gasteiger partial charge in [0, 0.05) is 29.9 Å². The van der Waals surface area contributed by atoms with Gasteiger partial charge in [0.05, 0.1) is 0 Å². The normalized spacial score (nSPS) is 10.9. The SMILES string of the molecule is ClCc1cnc(-n2ccnc2)c2ccccc12. The van der Waals surface area contributed by atoms with Gasteiger partial charge in [0.1, 0.15) is 12.1 Å². The molecule has 0 bridgehead atoms. The number of benzene rings is 1. The zero-order chi connectivity index (χ0) is 11.7. The second-order valence-corrected chi connectivity index (χ2v) is 4.02. The van der Waals surface area contributed by atoms with Crippen LogP contribution in [0.5, 0.6) is 0 Å². The lowest BCUT2D eigenvalue weighted by Crippen LogP contribution is -1.97. The standard InChI is InChI=1S/C13H10ClN3/c14-7-10-8-16-13(17-6-5-15-9-17)12-4-2-1-3-11(10)12/h1-6,8-9H,7H2. The number of pyridine rings is 1. The van der Waals surface area contributed by atoms with E-state index in [1.54, 1.807) is 12.5 Å². The van der Waals surface area contributed by atoms with Crippen LogP contribution in [0.3, 0.4) is 0 Å². The van der Waals surface area contributed by atoms with E-state index < -0.39 is 0 Å². The minimum Gasteiger partial charge on any atom is -0.290 e. The molecule has 3 rings (SSSR count). The van der Waals surface area contributed by atoms with Gasteiger partial charge in [0.25, 0.3) is 0 Å². The molecule has 0 saturated heterocycles. The summed E-state index contributed by atoms with van der Waals surface area (Å²) in [5.74, 6) is 1.35. The van der Waals surface area contributed by atoms with Gasteiger partial charge in [-0.15, -0.1) is 11.6 Å². The molecule has 0 fully saturated rings. The van der Waals surface area contributed by atoms with Crippen molar-refractivity contribution in [1.29, 1.82) is 0 Å². The molecule has 4 heteroatoms. The van der Waals surface area contributed by atoms with Crippen LogP contribution in [0, 0.1) is 0 Å². The fraction of sp³-hybridized carbons (Fsp3) is 0.0769. The lowest BCUT2D eigenvalue weighted by atomic mass is 10.1. The first-order valence-corrected chi connectivity index (χ1v) is 5.84. The highest BCUT2D eigenvalue weighted by molar-refractivity contribution is 6.18. The number of halogens is 1. The van der Waals surface area contributed by atoms with Crippen LogP contribution < -0.4 is 0 Å². The summed E-state index contributed by atoms with van der Waals surface area (Å²) >= 11 is 5.92. The monoisotopic (exact) mass is 243 g/mol. The molecule has 3 nitrogen and oxygen atoms in total. The Labute approximate surface area is 104 Å². The second kappa shape index (κ2) is 4.18. The summed E-state index contributed by atoms with van der Waals surface area (Å²) in [5.41, 5.74) is 1.05. The van der Waals surface area contributed by atoms with Crippen LogP contribution in [0.15, 0.2) is 49.2 Å². The summed E-state index contributed by atoms with van der Waals surface area (Å²) in [6.07, 6.45) is 7.20. The van der Waals surface area contributed by atoms with E-state index in [0.717, 1.165) is 22.2 Å². The molecule has 0 aliphatic rings. The maximum absolute atomic E-state index is 5.92. The molecule has 0 atom stereocenters. The third kappa shape index (κ3) is 1.68. The summed E-state index contributed by atoms with van der Waals surface area (Å²) in [6, 6.07) is 8.13. The molecule has 0 saturated carbocycles. The highest BCUT2D eigenvalue weighted by Crippen LogP contribution is 2.24. The van der Waals surface area contributed by atoms with Gasteiger partial charge in [-0.05, 0) is 10.9 Å². The summed E-state index contributed by atoms with van der Waals surface area (Å²) in [7, 11) is 0. The van der Waals surface area contributed by atoms with Gasteiger partial charge in [0.2, 0.25) is 0 Å². The van der Waals surface area contributed by atoms with E-state index in [-0.39, 0.29) is 0 Å². The molecule has 0 unspecified atom stereocenters. The van der Waals surface area contributed by atoms with Crippen LogP contribution in [0.1, 0.15) is 5.56 Å². The second-order valence-electron chi connectivity index (χ2n) is 3.76.